The van der Waals surface area contributed by atoms with Crippen LogP contribution < -0.4 is 0 Å². The summed E-state index contributed by atoms with van der Waals surface area (Å²) >= 11 is 0. The lowest BCUT2D eigenvalue weighted by molar-refractivity contribution is 0.153. The quantitative estimate of drug-likeness (QED) is 0.576. The highest BCUT2D eigenvalue weighted by molar-refractivity contribution is 5.07. The van der Waals surface area contributed by atoms with Crippen molar-refractivity contribution in [3.63, 3.8) is 0 Å². The van der Waals surface area contributed by atoms with E-state index >= 15 is 0 Å². The molecule has 1 unspecified atom stereocenters. The Bertz CT molecular complexity index is 242. The Morgan fingerprint density at radius 2 is 1.93 bits per heavy atom. The van der Waals surface area contributed by atoms with Crippen LogP contribution in [0.15, 0.2) is 0 Å². The van der Waals surface area contributed by atoms with Gasteiger partial charge in [0.25, 0.3) is 0 Å². The molecule has 1 saturated carbocycles. The molecule has 0 aromatic heterocycles. The second kappa shape index (κ2) is 3.50. The van der Waals surface area contributed by atoms with Gasteiger partial charge in [0.05, 0.1) is 0 Å². The van der Waals surface area contributed by atoms with Crippen molar-refractivity contribution in [2.24, 2.45) is 11.3 Å². The second-order valence-electron chi connectivity index (χ2n) is 5.33. The third kappa shape index (κ3) is 1.32. The largest absolute Gasteiger partial charge is 0.329 e. The van der Waals surface area contributed by atoms with Gasteiger partial charge in [0.15, 0.2) is 0 Å². The van der Waals surface area contributed by atoms with Gasteiger partial charge in [-0.3, -0.25) is 0 Å². The molecule has 1 aliphatic heterocycles. The van der Waals surface area contributed by atoms with Crippen molar-refractivity contribution >= 4 is 0 Å². The minimum absolute atomic E-state index is 0.584. The Balaban J connectivity index is 2.22. The van der Waals surface area contributed by atoms with Crippen molar-refractivity contribution in [1.82, 2.24) is 4.90 Å². The zero-order valence-corrected chi connectivity index (χ0v) is 9.42. The summed E-state index contributed by atoms with van der Waals surface area (Å²) < 4.78 is 0. The van der Waals surface area contributed by atoms with Crippen LogP contribution in [0.4, 0.5) is 0 Å². The lowest BCUT2D eigenvalue weighted by Crippen LogP contribution is -2.40. The molecule has 1 saturated heterocycles. The van der Waals surface area contributed by atoms with E-state index in [1.807, 2.05) is 0 Å². The molecule has 1 atom stereocenters. The summed E-state index contributed by atoms with van der Waals surface area (Å²) in [6.07, 6.45) is 12.6. The fourth-order valence-electron chi connectivity index (χ4n) is 3.80. The van der Waals surface area contributed by atoms with Crippen LogP contribution in [0.2, 0.25) is 0 Å². The van der Waals surface area contributed by atoms with Crippen LogP contribution in [0.1, 0.15) is 46.0 Å². The summed E-state index contributed by atoms with van der Waals surface area (Å²) in [5.41, 5.74) is 0.584. The van der Waals surface area contributed by atoms with Gasteiger partial charge in [-0.1, -0.05) is 33.1 Å². The summed E-state index contributed by atoms with van der Waals surface area (Å²) in [5, 5.41) is 0. The molecule has 0 aromatic carbocycles. The Morgan fingerprint density at radius 1 is 1.29 bits per heavy atom. The monoisotopic (exact) mass is 191 g/mol. The molecule has 0 bridgehead atoms. The van der Waals surface area contributed by atoms with Gasteiger partial charge in [0.1, 0.15) is 0 Å². The van der Waals surface area contributed by atoms with Crippen LogP contribution in [0.3, 0.4) is 0 Å². The van der Waals surface area contributed by atoms with Crippen LogP contribution in [0.25, 0.3) is 0 Å². The molecule has 1 nitrogen and oxygen atoms in total. The fourth-order valence-corrected chi connectivity index (χ4v) is 3.80. The summed E-state index contributed by atoms with van der Waals surface area (Å²) in [5.74, 6) is 0.701. The lowest BCUT2D eigenvalue weighted by atomic mass is 9.74. The molecule has 1 heteroatoms. The van der Waals surface area contributed by atoms with Crippen molar-refractivity contribution < 1.29 is 0 Å². The lowest BCUT2D eigenvalue weighted by Gasteiger charge is -2.36. The first-order chi connectivity index (χ1) is 6.69. The van der Waals surface area contributed by atoms with Crippen molar-refractivity contribution in [3.8, 4) is 12.5 Å². The zero-order valence-electron chi connectivity index (χ0n) is 9.42. The Labute approximate surface area is 87.9 Å². The van der Waals surface area contributed by atoms with Gasteiger partial charge in [0.2, 0.25) is 0 Å². The molecule has 0 radical (unpaired) electrons. The highest BCUT2D eigenvalue weighted by atomic mass is 15.2. The molecule has 78 valence electrons. The molecule has 1 spiro atoms. The van der Waals surface area contributed by atoms with Crippen LogP contribution in [-0.4, -0.2) is 17.5 Å². The predicted molar refractivity (Wildman–Crippen MR) is 59.7 cm³/mol. The molecule has 14 heavy (non-hydrogen) atoms. The van der Waals surface area contributed by atoms with E-state index in [1.54, 1.807) is 0 Å². The molecular weight excluding hydrogens is 170 g/mol. The first kappa shape index (κ1) is 9.90. The van der Waals surface area contributed by atoms with Gasteiger partial charge in [-0.05, 0) is 30.6 Å². The van der Waals surface area contributed by atoms with Gasteiger partial charge >= 0.3 is 0 Å². The molecule has 1 heterocycles. The number of hydrogen-bond donors (Lipinski definition) is 0. The maximum Gasteiger partial charge on any atom is 0.0451 e. The third-order valence-electron chi connectivity index (χ3n) is 4.21. The van der Waals surface area contributed by atoms with Gasteiger partial charge in [-0.25, -0.2) is 0 Å². The van der Waals surface area contributed by atoms with E-state index < -0.39 is 0 Å². The van der Waals surface area contributed by atoms with E-state index in [2.05, 4.69) is 24.8 Å². The highest BCUT2D eigenvalue weighted by Gasteiger charge is 2.49. The molecule has 2 aliphatic rings. The fraction of sp³-hybridized carbons (Fsp3) is 0.846. The molecule has 2 fully saturated rings. The summed E-state index contributed by atoms with van der Waals surface area (Å²) in [7, 11) is 0. The van der Waals surface area contributed by atoms with E-state index in [9.17, 15) is 0 Å². The van der Waals surface area contributed by atoms with Gasteiger partial charge in [-0.2, -0.15) is 0 Å². The predicted octanol–water partition coefficient (Wildman–Crippen LogP) is 2.87. The van der Waals surface area contributed by atoms with E-state index in [1.165, 1.54) is 32.1 Å². The zero-order chi connectivity index (χ0) is 10.2. The maximum absolute atomic E-state index is 5.59. The Hall–Kier alpha value is -0.640. The number of likely N-dealkylation sites (tertiary alicyclic amines) is 1. The standard InChI is InChI=1S/C13H21N/c1-4-14-10-9-13(7-5-6-8-13)12(14)11(2)3/h1,11-12H,5-10H2,2-3H3. The van der Waals surface area contributed by atoms with Crippen molar-refractivity contribution in [2.75, 3.05) is 6.54 Å². The topological polar surface area (TPSA) is 3.24 Å². The summed E-state index contributed by atoms with van der Waals surface area (Å²) in [6.45, 7) is 5.76. The van der Waals surface area contributed by atoms with Crippen LogP contribution in [-0.2, 0) is 0 Å². The first-order valence-electron chi connectivity index (χ1n) is 5.92. The van der Waals surface area contributed by atoms with Gasteiger partial charge < -0.3 is 4.90 Å². The van der Waals surface area contributed by atoms with Crippen LogP contribution in [0.5, 0.6) is 0 Å². The second-order valence-corrected chi connectivity index (χ2v) is 5.33. The number of terminal acetylenes is 1. The smallest absolute Gasteiger partial charge is 0.0451 e. The molecule has 0 amide bonds. The molecule has 0 aromatic rings. The van der Waals surface area contributed by atoms with Gasteiger partial charge in [0, 0.05) is 18.6 Å². The van der Waals surface area contributed by atoms with Crippen LogP contribution >= 0.6 is 0 Å². The molecule has 2 rings (SSSR count). The van der Waals surface area contributed by atoms with E-state index in [0.717, 1.165) is 6.54 Å². The minimum Gasteiger partial charge on any atom is -0.329 e. The molecule has 1 aliphatic carbocycles. The minimum atomic E-state index is 0.584. The third-order valence-corrected chi connectivity index (χ3v) is 4.21. The van der Waals surface area contributed by atoms with Crippen LogP contribution in [0, 0.1) is 23.8 Å². The number of rotatable bonds is 1. The van der Waals surface area contributed by atoms with Crippen molar-refractivity contribution in [2.45, 2.75) is 52.0 Å². The molecular formula is C13H21N. The first-order valence-corrected chi connectivity index (χ1v) is 5.92. The maximum atomic E-state index is 5.59. The molecule has 0 N–H and O–H groups in total. The highest BCUT2D eigenvalue weighted by Crippen LogP contribution is 2.51. The van der Waals surface area contributed by atoms with E-state index in [4.69, 9.17) is 6.42 Å². The van der Waals surface area contributed by atoms with Crippen molar-refractivity contribution in [3.05, 3.63) is 0 Å². The van der Waals surface area contributed by atoms with E-state index in [-0.39, 0.29) is 0 Å². The Morgan fingerprint density at radius 3 is 2.43 bits per heavy atom. The summed E-state index contributed by atoms with van der Waals surface area (Å²) in [4.78, 5) is 2.26. The van der Waals surface area contributed by atoms with E-state index in [0.29, 0.717) is 17.4 Å². The Kier molecular flexibility index (Phi) is 2.47. The number of hydrogen-bond acceptors (Lipinski definition) is 1. The normalized spacial score (nSPS) is 30.1. The average molecular weight is 191 g/mol. The number of nitrogens with zero attached hydrogens (tertiary/aromatic N) is 1. The average Bonchev–Trinajstić information content (AvgIpc) is 2.74. The van der Waals surface area contributed by atoms with Gasteiger partial charge in [-0.15, -0.1) is 0 Å². The van der Waals surface area contributed by atoms with Crippen molar-refractivity contribution in [1.29, 1.82) is 0 Å². The summed E-state index contributed by atoms with van der Waals surface area (Å²) in [6, 6.07) is 3.53. The SMILES string of the molecule is C#CN1CCC2(CCCC2)C1C(C)C.